The molecule has 0 fully saturated rings. The van der Waals surface area contributed by atoms with Crippen LogP contribution in [-0.4, -0.2) is 16.7 Å². The molecule has 4 nitrogen and oxygen atoms in total. The van der Waals surface area contributed by atoms with Gasteiger partial charge in [0, 0.05) is 21.8 Å². The van der Waals surface area contributed by atoms with Crippen molar-refractivity contribution in [2.24, 2.45) is 10.7 Å². The quantitative estimate of drug-likeness (QED) is 0.161. The monoisotopic (exact) mass is 422 g/mol. The summed E-state index contributed by atoms with van der Waals surface area (Å²) in [7, 11) is 0. The number of rotatable bonds is 3. The van der Waals surface area contributed by atoms with E-state index >= 15 is 0 Å². The number of nitrogens with zero attached hydrogens (tertiary/aromatic N) is 2. The lowest BCUT2D eigenvalue weighted by Gasteiger charge is -2.06. The number of aliphatic imine (C=N–C) groups is 1. The van der Waals surface area contributed by atoms with E-state index in [1.165, 1.54) is 10.9 Å². The maximum atomic E-state index is 5.89. The van der Waals surface area contributed by atoms with Crippen LogP contribution < -0.4 is 11.5 Å². The molecule has 0 bridgehead atoms. The Bertz CT molecular complexity index is 1420. The van der Waals surface area contributed by atoms with Gasteiger partial charge in [-0.05, 0) is 66.5 Å². The van der Waals surface area contributed by atoms with Crippen molar-refractivity contribution >= 4 is 61.3 Å². The maximum absolute atomic E-state index is 5.89. The second kappa shape index (κ2) is 9.45. The molecule has 4 N–H and O–H groups in total. The van der Waals surface area contributed by atoms with Gasteiger partial charge >= 0.3 is 0 Å². The Kier molecular flexibility index (Phi) is 6.29. The van der Waals surface area contributed by atoms with E-state index < -0.39 is 0 Å². The fraction of sp³-hybridized carbons (Fsp3) is 0.0769. The summed E-state index contributed by atoms with van der Waals surface area (Å²) in [5.41, 5.74) is 16.3. The van der Waals surface area contributed by atoms with Gasteiger partial charge in [-0.2, -0.15) is 4.99 Å². The minimum atomic E-state index is 0.675. The number of para-hydroxylation sites is 1. The minimum Gasteiger partial charge on any atom is -0.398 e. The molecule has 0 saturated carbocycles. The number of fused-ring (bicyclic) bond motifs is 3. The summed E-state index contributed by atoms with van der Waals surface area (Å²) in [6.07, 6.45) is 0.904. The van der Waals surface area contributed by atoms with Crippen molar-refractivity contribution in [3.8, 4) is 0 Å². The van der Waals surface area contributed by atoms with Gasteiger partial charge in [0.2, 0.25) is 0 Å². The van der Waals surface area contributed by atoms with Crippen LogP contribution in [0.15, 0.2) is 89.9 Å². The van der Waals surface area contributed by atoms with E-state index in [0.717, 1.165) is 45.0 Å². The maximum Gasteiger partial charge on any atom is 0.0833 e. The summed E-state index contributed by atoms with van der Waals surface area (Å²) in [6, 6.07) is 28.1. The molecule has 0 aliphatic rings. The molecule has 0 saturated heterocycles. The summed E-state index contributed by atoms with van der Waals surface area (Å²) < 4.78 is 0. The number of benzene rings is 4. The van der Waals surface area contributed by atoms with Gasteiger partial charge in [0.1, 0.15) is 0 Å². The largest absolute Gasteiger partial charge is 0.398 e. The zero-order valence-corrected chi connectivity index (χ0v) is 17.8. The number of nitrogens with two attached hydrogens (primary N) is 2. The normalized spacial score (nSPS) is 10.5. The van der Waals surface area contributed by atoms with Crippen LogP contribution in [0.4, 0.5) is 11.4 Å². The van der Waals surface area contributed by atoms with E-state index in [1.54, 1.807) is 0 Å². The first-order chi connectivity index (χ1) is 15.2. The standard InChI is InChI=1S/C14H8N2S.C12H14N2/c17-9-15-13-6-3-7-14-11(13)8-10-4-1-2-5-12(10)16-14;13-8-7-9-3-1-5-11-10(9)4-2-6-12(11)14/h1-8H;1-6H,7-8,13-14H2. The molecule has 0 spiro atoms. The predicted octanol–water partition coefficient (Wildman–Crippen LogP) is 6.05. The topological polar surface area (TPSA) is 77.3 Å². The molecule has 5 aromatic rings. The van der Waals surface area contributed by atoms with Crippen LogP contribution in [0.25, 0.3) is 32.6 Å². The Hall–Kier alpha value is -3.63. The van der Waals surface area contributed by atoms with Crippen molar-refractivity contribution in [1.82, 2.24) is 4.98 Å². The molecule has 4 aromatic carbocycles. The van der Waals surface area contributed by atoms with E-state index in [9.17, 15) is 0 Å². The SMILES string of the molecule is NCCc1cccc2c(N)cccc12.S=C=Nc1cccc2nc3ccccc3cc12. The molecule has 1 aromatic heterocycles. The molecule has 0 atom stereocenters. The first kappa shape index (κ1) is 20.6. The Labute approximate surface area is 186 Å². The van der Waals surface area contributed by atoms with Gasteiger partial charge in [-0.15, -0.1) is 0 Å². The van der Waals surface area contributed by atoms with Crippen LogP contribution in [0.5, 0.6) is 0 Å². The van der Waals surface area contributed by atoms with Crippen molar-refractivity contribution in [3.63, 3.8) is 0 Å². The Morgan fingerprint density at radius 1 is 0.806 bits per heavy atom. The fourth-order valence-corrected chi connectivity index (χ4v) is 3.80. The first-order valence-electron chi connectivity index (χ1n) is 10.0. The summed E-state index contributed by atoms with van der Waals surface area (Å²) in [6.45, 7) is 0.675. The highest BCUT2D eigenvalue weighted by Gasteiger charge is 2.03. The van der Waals surface area contributed by atoms with Gasteiger partial charge in [0.05, 0.1) is 21.9 Å². The number of isothiocyanates is 1. The van der Waals surface area contributed by atoms with Crippen LogP contribution in [-0.2, 0) is 6.42 Å². The van der Waals surface area contributed by atoms with Crippen LogP contribution in [0, 0.1) is 0 Å². The molecular formula is C26H22N4S. The van der Waals surface area contributed by atoms with E-state index in [0.29, 0.717) is 6.54 Å². The van der Waals surface area contributed by atoms with Gasteiger partial charge in [-0.3, -0.25) is 0 Å². The Morgan fingerprint density at radius 3 is 2.39 bits per heavy atom. The molecule has 0 aliphatic carbocycles. The summed E-state index contributed by atoms with van der Waals surface area (Å²) >= 11 is 4.66. The zero-order valence-electron chi connectivity index (χ0n) is 17.0. The van der Waals surface area contributed by atoms with Crippen LogP contribution in [0.3, 0.4) is 0 Å². The highest BCUT2D eigenvalue weighted by Crippen LogP contribution is 2.27. The predicted molar refractivity (Wildman–Crippen MR) is 135 cm³/mol. The van der Waals surface area contributed by atoms with Crippen molar-refractivity contribution in [2.75, 3.05) is 12.3 Å². The van der Waals surface area contributed by atoms with Gasteiger partial charge in [-0.25, -0.2) is 4.98 Å². The summed E-state index contributed by atoms with van der Waals surface area (Å²) in [5.74, 6) is 0. The summed E-state index contributed by atoms with van der Waals surface area (Å²) in [5, 5.41) is 6.86. The number of hydrogen-bond acceptors (Lipinski definition) is 5. The molecule has 5 rings (SSSR count). The van der Waals surface area contributed by atoms with Gasteiger partial charge < -0.3 is 11.5 Å². The number of aromatic nitrogens is 1. The van der Waals surface area contributed by atoms with E-state index in [-0.39, 0.29) is 0 Å². The Balaban J connectivity index is 0.000000152. The average Bonchev–Trinajstić information content (AvgIpc) is 2.80. The van der Waals surface area contributed by atoms with Gasteiger partial charge in [-0.1, -0.05) is 54.6 Å². The van der Waals surface area contributed by atoms with Gasteiger partial charge in [0.25, 0.3) is 0 Å². The minimum absolute atomic E-state index is 0.675. The third-order valence-corrected chi connectivity index (χ3v) is 5.25. The average molecular weight is 423 g/mol. The summed E-state index contributed by atoms with van der Waals surface area (Å²) in [4.78, 5) is 8.67. The third kappa shape index (κ3) is 4.44. The number of pyridine rings is 1. The van der Waals surface area contributed by atoms with E-state index in [1.807, 2.05) is 66.7 Å². The number of thiocarbonyl (C=S) groups is 1. The van der Waals surface area contributed by atoms with Crippen LogP contribution in [0.1, 0.15) is 5.56 Å². The van der Waals surface area contributed by atoms with Crippen molar-refractivity contribution in [2.45, 2.75) is 6.42 Å². The first-order valence-corrected chi connectivity index (χ1v) is 10.4. The van der Waals surface area contributed by atoms with Crippen molar-refractivity contribution in [3.05, 3.63) is 90.5 Å². The molecule has 5 heteroatoms. The molecule has 1 heterocycles. The number of nitrogen functional groups attached to an aromatic ring is 1. The molecular weight excluding hydrogens is 400 g/mol. The lowest BCUT2D eigenvalue weighted by atomic mass is 10.0. The molecule has 152 valence electrons. The van der Waals surface area contributed by atoms with E-state index in [4.69, 9.17) is 11.5 Å². The smallest absolute Gasteiger partial charge is 0.0833 e. The van der Waals surface area contributed by atoms with Crippen LogP contribution in [0.2, 0.25) is 0 Å². The highest BCUT2D eigenvalue weighted by atomic mass is 32.1. The second-order valence-corrected chi connectivity index (χ2v) is 7.31. The lowest BCUT2D eigenvalue weighted by molar-refractivity contribution is 0.977. The second-order valence-electron chi connectivity index (χ2n) is 7.13. The molecule has 31 heavy (non-hydrogen) atoms. The molecule has 0 aliphatic heterocycles. The highest BCUT2D eigenvalue weighted by molar-refractivity contribution is 7.78. The molecule has 0 amide bonds. The van der Waals surface area contributed by atoms with Gasteiger partial charge in [0.15, 0.2) is 0 Å². The van der Waals surface area contributed by atoms with Crippen molar-refractivity contribution < 1.29 is 0 Å². The zero-order chi connectivity index (χ0) is 21.6. The fourth-order valence-electron chi connectivity index (χ4n) is 3.70. The molecule has 0 unspecified atom stereocenters. The Morgan fingerprint density at radius 2 is 1.55 bits per heavy atom. The van der Waals surface area contributed by atoms with Crippen molar-refractivity contribution in [1.29, 1.82) is 0 Å². The van der Waals surface area contributed by atoms with E-state index in [2.05, 4.69) is 45.6 Å². The lowest BCUT2D eigenvalue weighted by Crippen LogP contribution is -2.03. The molecule has 0 radical (unpaired) electrons. The number of anilines is 1. The number of hydrogen-bond donors (Lipinski definition) is 2. The third-order valence-electron chi connectivity index (χ3n) is 5.16. The van der Waals surface area contributed by atoms with Crippen LogP contribution >= 0.6 is 12.2 Å².